The minimum atomic E-state index is -0.832. The number of anilines is 1. The van der Waals surface area contributed by atoms with Crippen molar-refractivity contribution in [3.63, 3.8) is 0 Å². The number of likely N-dealkylation sites (N-methyl/N-ethyl adjacent to an activating group) is 1. The minimum Gasteiger partial charge on any atom is -0.489 e. The van der Waals surface area contributed by atoms with Gasteiger partial charge in [0.2, 0.25) is 5.82 Å². The highest BCUT2D eigenvalue weighted by Crippen LogP contribution is 2.29. The van der Waals surface area contributed by atoms with E-state index in [1.165, 1.54) is 11.8 Å². The number of ether oxygens (including phenoxy) is 2. The SMILES string of the molecule is CC(=O)OC(C)C.CN1C(=O)C(NC(=O)c2n[nH]c(Cc3ccccc3)n2)COc2ccccc21. The summed E-state index contributed by atoms with van der Waals surface area (Å²) in [6, 6.07) is 16.2. The summed E-state index contributed by atoms with van der Waals surface area (Å²) in [5.41, 5.74) is 1.71. The largest absolute Gasteiger partial charge is 0.489 e. The van der Waals surface area contributed by atoms with Crippen molar-refractivity contribution in [2.24, 2.45) is 0 Å². The van der Waals surface area contributed by atoms with Gasteiger partial charge in [0.25, 0.3) is 11.8 Å². The van der Waals surface area contributed by atoms with Crippen LogP contribution in [0.2, 0.25) is 0 Å². The number of esters is 1. The summed E-state index contributed by atoms with van der Waals surface area (Å²) in [4.78, 5) is 41.0. The van der Waals surface area contributed by atoms with Crippen molar-refractivity contribution in [1.29, 1.82) is 0 Å². The summed E-state index contributed by atoms with van der Waals surface area (Å²) in [6.45, 7) is 5.08. The Morgan fingerprint density at radius 1 is 1.17 bits per heavy atom. The van der Waals surface area contributed by atoms with E-state index in [2.05, 4.69) is 25.2 Å². The van der Waals surface area contributed by atoms with Crippen LogP contribution in [0.4, 0.5) is 5.69 Å². The van der Waals surface area contributed by atoms with Crippen molar-refractivity contribution in [2.45, 2.75) is 39.3 Å². The van der Waals surface area contributed by atoms with Gasteiger partial charge in [-0.1, -0.05) is 42.5 Å². The molecular formula is C25H29N5O5. The molecule has 0 bridgehead atoms. The van der Waals surface area contributed by atoms with Gasteiger partial charge in [-0.15, -0.1) is 5.10 Å². The van der Waals surface area contributed by atoms with Gasteiger partial charge in [-0.25, -0.2) is 4.98 Å². The van der Waals surface area contributed by atoms with Gasteiger partial charge in [-0.3, -0.25) is 19.5 Å². The van der Waals surface area contributed by atoms with Crippen molar-refractivity contribution >= 4 is 23.5 Å². The zero-order chi connectivity index (χ0) is 25.4. The van der Waals surface area contributed by atoms with E-state index >= 15 is 0 Å². The molecule has 2 amide bonds. The second-order valence-electron chi connectivity index (χ2n) is 8.13. The van der Waals surface area contributed by atoms with Crippen molar-refractivity contribution in [3.8, 4) is 5.75 Å². The van der Waals surface area contributed by atoms with Gasteiger partial charge in [-0.05, 0) is 31.5 Å². The maximum absolute atomic E-state index is 12.7. The Morgan fingerprint density at radius 3 is 2.51 bits per heavy atom. The quantitative estimate of drug-likeness (QED) is 0.539. The zero-order valence-electron chi connectivity index (χ0n) is 20.1. The van der Waals surface area contributed by atoms with Crippen molar-refractivity contribution in [2.75, 3.05) is 18.6 Å². The van der Waals surface area contributed by atoms with Crippen molar-refractivity contribution in [1.82, 2.24) is 20.5 Å². The predicted octanol–water partition coefficient (Wildman–Crippen LogP) is 2.51. The Hall–Kier alpha value is -4.21. The molecule has 3 aromatic rings. The lowest BCUT2D eigenvalue weighted by Gasteiger charge is -2.19. The van der Waals surface area contributed by atoms with Crippen LogP contribution in [0.1, 0.15) is 42.8 Å². The molecule has 10 nitrogen and oxygen atoms in total. The maximum Gasteiger partial charge on any atom is 0.302 e. The van der Waals surface area contributed by atoms with E-state index in [1.807, 2.05) is 56.3 Å². The first-order valence-corrected chi connectivity index (χ1v) is 11.2. The standard InChI is InChI=1S/C20H19N5O3.C5H10O2/c1-25-15-9-5-6-10-16(15)28-12-14(20(25)27)21-19(26)18-22-17(23-24-18)11-13-7-3-2-4-8-13;1-4(2)7-5(3)6/h2-10,14H,11-12H2,1H3,(H,21,26)(H,22,23,24);4H,1-3H3. The number of carbonyl (C=O) groups is 3. The van der Waals surface area contributed by atoms with Crippen LogP contribution in [0.15, 0.2) is 54.6 Å². The molecule has 2 aromatic carbocycles. The molecule has 0 fully saturated rings. The summed E-state index contributed by atoms with van der Waals surface area (Å²) in [5, 5.41) is 9.41. The van der Waals surface area contributed by atoms with Gasteiger partial charge in [-0.2, -0.15) is 0 Å². The number of benzene rings is 2. The van der Waals surface area contributed by atoms with Gasteiger partial charge < -0.3 is 19.7 Å². The molecule has 1 aliphatic rings. The van der Waals surface area contributed by atoms with Gasteiger partial charge in [0.1, 0.15) is 24.2 Å². The molecule has 0 aliphatic carbocycles. The Labute approximate surface area is 203 Å². The van der Waals surface area contributed by atoms with Crippen LogP contribution < -0.4 is 15.0 Å². The first-order chi connectivity index (χ1) is 16.7. The minimum absolute atomic E-state index is 0.0110. The van der Waals surface area contributed by atoms with Crippen LogP contribution in [0.5, 0.6) is 5.75 Å². The number of aromatic amines is 1. The average Bonchev–Trinajstić information content (AvgIpc) is 3.25. The molecule has 1 atom stereocenters. The molecule has 0 radical (unpaired) electrons. The fraction of sp³-hybridized carbons (Fsp3) is 0.320. The van der Waals surface area contributed by atoms with E-state index in [4.69, 9.17) is 4.74 Å². The van der Waals surface area contributed by atoms with Gasteiger partial charge in [0.05, 0.1) is 11.8 Å². The summed E-state index contributed by atoms with van der Waals surface area (Å²) < 4.78 is 10.3. The Morgan fingerprint density at radius 2 is 1.86 bits per heavy atom. The number of aromatic nitrogens is 3. The molecule has 0 spiro atoms. The van der Waals surface area contributed by atoms with E-state index < -0.39 is 11.9 Å². The molecule has 10 heteroatoms. The van der Waals surface area contributed by atoms with Crippen molar-refractivity contribution < 1.29 is 23.9 Å². The molecule has 0 saturated heterocycles. The third kappa shape index (κ3) is 7.13. The highest BCUT2D eigenvalue weighted by atomic mass is 16.5. The van der Waals surface area contributed by atoms with E-state index in [0.717, 1.165) is 5.56 Å². The van der Waals surface area contributed by atoms with Crippen molar-refractivity contribution in [3.05, 3.63) is 71.8 Å². The molecule has 184 valence electrons. The summed E-state index contributed by atoms with van der Waals surface area (Å²) in [5.74, 6) is 0.149. The van der Waals surface area contributed by atoms with Crippen LogP contribution in [-0.4, -0.2) is 58.8 Å². The smallest absolute Gasteiger partial charge is 0.302 e. The number of carbonyl (C=O) groups excluding carboxylic acids is 3. The highest BCUT2D eigenvalue weighted by molar-refractivity contribution is 6.02. The fourth-order valence-electron chi connectivity index (χ4n) is 3.38. The molecule has 1 unspecified atom stereocenters. The Bertz CT molecular complexity index is 1160. The number of nitrogens with one attached hydrogen (secondary N) is 2. The number of para-hydroxylation sites is 2. The number of hydrogen-bond acceptors (Lipinski definition) is 7. The molecule has 1 aromatic heterocycles. The molecule has 4 rings (SSSR count). The van der Waals surface area contributed by atoms with E-state index in [0.29, 0.717) is 23.7 Å². The van der Waals surface area contributed by atoms with E-state index in [9.17, 15) is 14.4 Å². The number of rotatable bonds is 5. The maximum atomic E-state index is 12.7. The molecule has 35 heavy (non-hydrogen) atoms. The highest BCUT2D eigenvalue weighted by Gasteiger charge is 2.31. The second-order valence-corrected chi connectivity index (χ2v) is 8.13. The number of nitrogens with zero attached hydrogens (tertiary/aromatic N) is 3. The van der Waals surface area contributed by atoms with E-state index in [1.54, 1.807) is 19.2 Å². The molecular weight excluding hydrogens is 450 g/mol. The van der Waals surface area contributed by atoms with Gasteiger partial charge in [0, 0.05) is 20.4 Å². The zero-order valence-corrected chi connectivity index (χ0v) is 20.1. The molecule has 1 aliphatic heterocycles. The second kappa shape index (κ2) is 11.8. The van der Waals surface area contributed by atoms with Gasteiger partial charge in [0.15, 0.2) is 0 Å². The fourth-order valence-corrected chi connectivity index (χ4v) is 3.38. The van der Waals surface area contributed by atoms with Crippen LogP contribution >= 0.6 is 0 Å². The lowest BCUT2D eigenvalue weighted by atomic mass is 10.1. The van der Waals surface area contributed by atoms with E-state index in [-0.39, 0.29) is 30.4 Å². The topological polar surface area (TPSA) is 127 Å². The normalized spacial score (nSPS) is 14.7. The molecule has 2 N–H and O–H groups in total. The monoisotopic (exact) mass is 479 g/mol. The molecule has 0 saturated carbocycles. The third-order valence-corrected chi connectivity index (χ3v) is 4.92. The number of fused-ring (bicyclic) bond motifs is 1. The van der Waals surface area contributed by atoms with Crippen LogP contribution in [0.25, 0.3) is 0 Å². The summed E-state index contributed by atoms with van der Waals surface area (Å²) in [7, 11) is 1.65. The lowest BCUT2D eigenvalue weighted by Crippen LogP contribution is -2.49. The predicted molar refractivity (Wildman–Crippen MR) is 129 cm³/mol. The summed E-state index contributed by atoms with van der Waals surface area (Å²) in [6.07, 6.45) is 0.558. The van der Waals surface area contributed by atoms with Gasteiger partial charge >= 0.3 is 5.97 Å². The number of H-pyrrole nitrogens is 1. The average molecular weight is 480 g/mol. The Kier molecular flexibility index (Phi) is 8.55. The third-order valence-electron chi connectivity index (χ3n) is 4.92. The number of amides is 2. The van der Waals surface area contributed by atoms with Crippen LogP contribution in [0, 0.1) is 0 Å². The number of hydrogen-bond donors (Lipinski definition) is 2. The first kappa shape index (κ1) is 25.4. The Balaban J connectivity index is 0.000000429. The lowest BCUT2D eigenvalue weighted by molar-refractivity contribution is -0.144. The first-order valence-electron chi connectivity index (χ1n) is 11.2. The summed E-state index contributed by atoms with van der Waals surface area (Å²) >= 11 is 0. The molecule has 2 heterocycles. The van der Waals surface area contributed by atoms with Crippen LogP contribution in [-0.2, 0) is 20.7 Å². The van der Waals surface area contributed by atoms with Crippen LogP contribution in [0.3, 0.4) is 0 Å².